The quantitative estimate of drug-likeness (QED) is 0.861. The molecular formula is C18H26N2O. The van der Waals surface area contributed by atoms with Crippen molar-refractivity contribution in [2.45, 2.75) is 39.7 Å². The van der Waals surface area contributed by atoms with Crippen LogP contribution >= 0.6 is 0 Å². The fourth-order valence-electron chi connectivity index (χ4n) is 3.57. The first-order valence-corrected chi connectivity index (χ1v) is 8.07. The molecule has 2 heterocycles. The van der Waals surface area contributed by atoms with E-state index >= 15 is 0 Å². The highest BCUT2D eigenvalue weighted by atomic mass is 16.2. The maximum Gasteiger partial charge on any atom is 0.244 e. The summed E-state index contributed by atoms with van der Waals surface area (Å²) in [6.45, 7) is 9.53. The van der Waals surface area contributed by atoms with E-state index < -0.39 is 0 Å². The van der Waals surface area contributed by atoms with Crippen molar-refractivity contribution in [3.8, 4) is 0 Å². The van der Waals surface area contributed by atoms with Crippen LogP contribution in [-0.4, -0.2) is 30.4 Å². The molecule has 0 aliphatic carbocycles. The van der Waals surface area contributed by atoms with E-state index in [0.717, 1.165) is 32.5 Å². The third-order valence-electron chi connectivity index (χ3n) is 5.08. The summed E-state index contributed by atoms with van der Waals surface area (Å²) in [6, 6.07) is 8.21. The van der Waals surface area contributed by atoms with Gasteiger partial charge in [-0.05, 0) is 35.3 Å². The van der Waals surface area contributed by atoms with Gasteiger partial charge in [0.05, 0.1) is 0 Å². The highest BCUT2D eigenvalue weighted by Gasteiger charge is 2.37. The molecule has 1 saturated heterocycles. The van der Waals surface area contributed by atoms with E-state index in [2.05, 4.69) is 49.2 Å². The molecule has 1 aromatic rings. The molecular weight excluding hydrogens is 260 g/mol. The molecule has 0 spiro atoms. The zero-order chi connectivity index (χ0) is 15.0. The molecule has 2 atom stereocenters. The van der Waals surface area contributed by atoms with Crippen LogP contribution in [0.3, 0.4) is 0 Å². The lowest BCUT2D eigenvalue weighted by Gasteiger charge is -2.31. The summed E-state index contributed by atoms with van der Waals surface area (Å²) in [4.78, 5) is 15.0. The molecule has 0 saturated carbocycles. The summed E-state index contributed by atoms with van der Waals surface area (Å²) >= 11 is 0. The number of benzene rings is 1. The fraction of sp³-hybridized carbons (Fsp3) is 0.611. The Bertz CT molecular complexity index is 532. The lowest BCUT2D eigenvalue weighted by atomic mass is 9.80. The Balaban J connectivity index is 1.76. The zero-order valence-corrected chi connectivity index (χ0v) is 13.4. The van der Waals surface area contributed by atoms with Gasteiger partial charge in [-0.25, -0.2) is 0 Å². The van der Waals surface area contributed by atoms with Crippen molar-refractivity contribution < 1.29 is 4.79 Å². The monoisotopic (exact) mass is 286 g/mol. The molecule has 21 heavy (non-hydrogen) atoms. The van der Waals surface area contributed by atoms with Crippen molar-refractivity contribution >= 4 is 5.91 Å². The Hall–Kier alpha value is -1.35. The van der Waals surface area contributed by atoms with E-state index in [9.17, 15) is 4.79 Å². The minimum absolute atomic E-state index is 0.145. The molecule has 3 rings (SSSR count). The smallest absolute Gasteiger partial charge is 0.244 e. The van der Waals surface area contributed by atoms with Crippen LogP contribution in [-0.2, 0) is 11.2 Å². The number of nitrogens with zero attached hydrogens (tertiary/aromatic N) is 1. The van der Waals surface area contributed by atoms with Gasteiger partial charge in [0.2, 0.25) is 5.91 Å². The van der Waals surface area contributed by atoms with E-state index in [1.54, 1.807) is 0 Å². The Morgan fingerprint density at radius 3 is 2.76 bits per heavy atom. The number of likely N-dealkylation sites (tertiary alicyclic amines) is 1. The second-order valence-electron chi connectivity index (χ2n) is 7.47. The summed E-state index contributed by atoms with van der Waals surface area (Å²) < 4.78 is 0. The van der Waals surface area contributed by atoms with Crippen LogP contribution in [0.25, 0.3) is 0 Å². The van der Waals surface area contributed by atoms with Crippen molar-refractivity contribution in [2.24, 2.45) is 11.3 Å². The van der Waals surface area contributed by atoms with Crippen LogP contribution in [0.5, 0.6) is 0 Å². The molecule has 3 nitrogen and oxygen atoms in total. The van der Waals surface area contributed by atoms with Crippen LogP contribution in [0.15, 0.2) is 24.3 Å². The molecule has 2 aliphatic rings. The van der Waals surface area contributed by atoms with Crippen molar-refractivity contribution in [1.29, 1.82) is 0 Å². The number of hydrogen-bond acceptors (Lipinski definition) is 2. The van der Waals surface area contributed by atoms with E-state index in [4.69, 9.17) is 0 Å². The third kappa shape index (κ3) is 2.84. The predicted molar refractivity (Wildman–Crippen MR) is 85.0 cm³/mol. The van der Waals surface area contributed by atoms with Crippen molar-refractivity contribution in [2.75, 3.05) is 19.6 Å². The first-order chi connectivity index (χ1) is 9.97. The second kappa shape index (κ2) is 5.45. The van der Waals surface area contributed by atoms with Gasteiger partial charge in [0.1, 0.15) is 6.04 Å². The Labute approximate surface area is 127 Å². The molecule has 1 fully saturated rings. The normalized spacial score (nSPS) is 25.8. The number of hydrogen-bond donors (Lipinski definition) is 1. The summed E-state index contributed by atoms with van der Waals surface area (Å²) in [5.41, 5.74) is 2.78. The summed E-state index contributed by atoms with van der Waals surface area (Å²) in [5, 5.41) is 3.41. The maximum atomic E-state index is 12.9. The molecule has 1 aromatic carbocycles. The van der Waals surface area contributed by atoms with Crippen LogP contribution in [0.2, 0.25) is 0 Å². The van der Waals surface area contributed by atoms with Crippen molar-refractivity contribution in [3.05, 3.63) is 35.4 Å². The number of rotatable bonds is 1. The molecule has 2 unspecified atom stereocenters. The van der Waals surface area contributed by atoms with Gasteiger partial charge in [-0.3, -0.25) is 4.79 Å². The number of carbonyl (C=O) groups is 1. The van der Waals surface area contributed by atoms with E-state index in [1.807, 2.05) is 6.07 Å². The maximum absolute atomic E-state index is 12.9. The van der Waals surface area contributed by atoms with Gasteiger partial charge in [0.15, 0.2) is 0 Å². The van der Waals surface area contributed by atoms with E-state index in [-0.39, 0.29) is 17.4 Å². The summed E-state index contributed by atoms with van der Waals surface area (Å²) in [6.07, 6.45) is 2.15. The minimum atomic E-state index is -0.145. The van der Waals surface area contributed by atoms with E-state index in [0.29, 0.717) is 5.92 Å². The average Bonchev–Trinajstić information content (AvgIpc) is 2.96. The largest absolute Gasteiger partial charge is 0.341 e. The topological polar surface area (TPSA) is 32.3 Å². The molecule has 0 bridgehead atoms. The Morgan fingerprint density at radius 1 is 1.29 bits per heavy atom. The van der Waals surface area contributed by atoms with Crippen LogP contribution < -0.4 is 5.32 Å². The first-order valence-electron chi connectivity index (χ1n) is 8.07. The summed E-state index contributed by atoms with van der Waals surface area (Å²) in [5.74, 6) is 0.870. The SMILES string of the molecule is CC(C)(C)C1CCN(C(=O)C2NCCc3ccccc32)C1. The third-order valence-corrected chi connectivity index (χ3v) is 5.08. The Morgan fingerprint density at radius 2 is 2.05 bits per heavy atom. The van der Waals surface area contributed by atoms with Crippen LogP contribution in [0.1, 0.15) is 44.4 Å². The first kappa shape index (κ1) is 14.6. The highest BCUT2D eigenvalue weighted by Crippen LogP contribution is 2.35. The van der Waals surface area contributed by atoms with Crippen molar-refractivity contribution in [1.82, 2.24) is 10.2 Å². The molecule has 1 N–H and O–H groups in total. The highest BCUT2D eigenvalue weighted by molar-refractivity contribution is 5.84. The number of nitrogens with one attached hydrogen (secondary N) is 1. The molecule has 0 aromatic heterocycles. The number of carbonyl (C=O) groups excluding carboxylic acids is 1. The zero-order valence-electron chi connectivity index (χ0n) is 13.4. The minimum Gasteiger partial charge on any atom is -0.341 e. The number of fused-ring (bicyclic) bond motifs is 1. The van der Waals surface area contributed by atoms with Gasteiger partial charge in [-0.1, -0.05) is 45.0 Å². The standard InChI is InChI=1S/C18H26N2O/c1-18(2,3)14-9-11-20(12-14)17(21)16-15-7-5-4-6-13(15)8-10-19-16/h4-7,14,16,19H,8-12H2,1-3H3. The number of amides is 1. The fourth-order valence-corrected chi connectivity index (χ4v) is 3.57. The van der Waals surface area contributed by atoms with Gasteiger partial charge in [0, 0.05) is 19.6 Å². The average molecular weight is 286 g/mol. The lowest BCUT2D eigenvalue weighted by molar-refractivity contribution is -0.133. The lowest BCUT2D eigenvalue weighted by Crippen LogP contribution is -2.43. The predicted octanol–water partition coefficient (Wildman–Crippen LogP) is 2.77. The molecule has 0 radical (unpaired) electrons. The molecule has 3 heteroatoms. The van der Waals surface area contributed by atoms with E-state index in [1.165, 1.54) is 11.1 Å². The summed E-state index contributed by atoms with van der Waals surface area (Å²) in [7, 11) is 0. The Kier molecular flexibility index (Phi) is 3.78. The second-order valence-corrected chi connectivity index (χ2v) is 7.47. The van der Waals surface area contributed by atoms with Gasteiger partial charge in [-0.2, -0.15) is 0 Å². The van der Waals surface area contributed by atoms with Gasteiger partial charge in [-0.15, -0.1) is 0 Å². The van der Waals surface area contributed by atoms with Gasteiger partial charge < -0.3 is 10.2 Å². The van der Waals surface area contributed by atoms with Crippen molar-refractivity contribution in [3.63, 3.8) is 0 Å². The van der Waals surface area contributed by atoms with Crippen LogP contribution in [0.4, 0.5) is 0 Å². The molecule has 1 amide bonds. The van der Waals surface area contributed by atoms with Gasteiger partial charge >= 0.3 is 0 Å². The molecule has 114 valence electrons. The van der Waals surface area contributed by atoms with Gasteiger partial charge in [0.25, 0.3) is 0 Å². The molecule has 2 aliphatic heterocycles. The van der Waals surface area contributed by atoms with Crippen LogP contribution in [0, 0.1) is 11.3 Å².